The highest BCUT2D eigenvalue weighted by Gasteiger charge is 2.29. The van der Waals surface area contributed by atoms with Crippen LogP contribution < -0.4 is 0 Å². The molecule has 0 unspecified atom stereocenters. The molecule has 0 atom stereocenters. The Morgan fingerprint density at radius 1 is 0.885 bits per heavy atom. The maximum atomic E-state index is 12.9. The normalized spacial score (nSPS) is 15.2. The topological polar surface area (TPSA) is 50.5 Å². The van der Waals surface area contributed by atoms with Gasteiger partial charge in [0.2, 0.25) is 10.0 Å². The Balaban J connectivity index is 1.52. The molecule has 3 aromatic rings. The van der Waals surface area contributed by atoms with Crippen LogP contribution in [0.5, 0.6) is 0 Å². The molecule has 0 saturated carbocycles. The molecule has 2 aromatic carbocycles. The fourth-order valence-electron chi connectivity index (χ4n) is 3.08. The Hall–Kier alpha value is -2.63. The van der Waals surface area contributed by atoms with Gasteiger partial charge in [-0.05, 0) is 29.3 Å². The zero-order chi connectivity index (χ0) is 18.0. The second kappa shape index (κ2) is 6.94. The third kappa shape index (κ3) is 3.36. The molecule has 0 fully saturated rings. The summed E-state index contributed by atoms with van der Waals surface area (Å²) >= 11 is 0. The fraction of sp³-hybridized carbons (Fsp3) is 0.143. The molecule has 0 N–H and O–H groups in total. The van der Waals surface area contributed by atoms with Crippen LogP contribution in [0, 0.1) is 0 Å². The lowest BCUT2D eigenvalue weighted by Crippen LogP contribution is -2.35. The second-order valence-corrected chi connectivity index (χ2v) is 8.21. The van der Waals surface area contributed by atoms with Crippen LogP contribution >= 0.6 is 0 Å². The summed E-state index contributed by atoms with van der Waals surface area (Å²) in [5, 5.41) is 0. The minimum atomic E-state index is -3.50. The number of fused-ring (bicyclic) bond motifs is 1. The number of rotatable bonds is 4. The molecule has 5 heteroatoms. The summed E-state index contributed by atoms with van der Waals surface area (Å²) in [6, 6.07) is 18.8. The summed E-state index contributed by atoms with van der Waals surface area (Å²) in [7, 11) is -3.50. The van der Waals surface area contributed by atoms with E-state index in [0.29, 0.717) is 24.4 Å². The molecule has 1 aliphatic heterocycles. The van der Waals surface area contributed by atoms with Crippen molar-refractivity contribution in [2.75, 3.05) is 6.54 Å². The summed E-state index contributed by atoms with van der Waals surface area (Å²) in [4.78, 5) is 0.321. The van der Waals surface area contributed by atoms with Crippen molar-refractivity contribution in [3.63, 3.8) is 0 Å². The van der Waals surface area contributed by atoms with Crippen LogP contribution in [-0.4, -0.2) is 19.3 Å². The van der Waals surface area contributed by atoms with Crippen molar-refractivity contribution in [1.82, 2.24) is 4.31 Å². The molecule has 0 saturated heterocycles. The molecule has 132 valence electrons. The van der Waals surface area contributed by atoms with Gasteiger partial charge >= 0.3 is 0 Å². The van der Waals surface area contributed by atoms with Crippen LogP contribution in [0.15, 0.2) is 76.2 Å². The first kappa shape index (κ1) is 16.8. The number of benzene rings is 2. The number of hydrogen-bond donors (Lipinski definition) is 0. The van der Waals surface area contributed by atoms with E-state index >= 15 is 0 Å². The molecule has 0 amide bonds. The molecule has 0 spiro atoms. The van der Waals surface area contributed by atoms with E-state index in [0.717, 1.165) is 22.5 Å². The van der Waals surface area contributed by atoms with Gasteiger partial charge in [-0.15, -0.1) is 0 Å². The average Bonchev–Trinajstić information content (AvgIpc) is 3.15. The van der Waals surface area contributed by atoms with Crippen LogP contribution in [0.3, 0.4) is 0 Å². The van der Waals surface area contributed by atoms with E-state index in [1.807, 2.05) is 60.7 Å². The number of hydrogen-bond acceptors (Lipinski definition) is 3. The van der Waals surface area contributed by atoms with Crippen LogP contribution in [0.25, 0.3) is 12.2 Å². The van der Waals surface area contributed by atoms with Crippen LogP contribution in [0.1, 0.15) is 22.5 Å². The van der Waals surface area contributed by atoms with Crippen molar-refractivity contribution in [3.05, 3.63) is 89.4 Å². The van der Waals surface area contributed by atoms with Gasteiger partial charge in [0, 0.05) is 25.1 Å². The third-order valence-electron chi connectivity index (χ3n) is 4.56. The molecule has 1 aliphatic rings. The molecule has 0 radical (unpaired) electrons. The minimum absolute atomic E-state index is 0.321. The van der Waals surface area contributed by atoms with E-state index < -0.39 is 10.0 Å². The van der Waals surface area contributed by atoms with E-state index in [2.05, 4.69) is 0 Å². The van der Waals surface area contributed by atoms with Crippen LogP contribution in [-0.2, 0) is 23.0 Å². The molecule has 2 heterocycles. The van der Waals surface area contributed by atoms with Gasteiger partial charge in [0.15, 0.2) is 0 Å². The van der Waals surface area contributed by atoms with Gasteiger partial charge in [-0.2, -0.15) is 4.31 Å². The largest absolute Gasteiger partial charge is 0.469 e. The highest BCUT2D eigenvalue weighted by molar-refractivity contribution is 7.89. The van der Waals surface area contributed by atoms with E-state index in [1.165, 1.54) is 4.31 Å². The molecular formula is C21H19NO3S. The molecule has 4 rings (SSSR count). The summed E-state index contributed by atoms with van der Waals surface area (Å²) < 4.78 is 32.7. The fourth-order valence-corrected chi connectivity index (χ4v) is 4.50. The smallest absolute Gasteiger partial charge is 0.243 e. The minimum Gasteiger partial charge on any atom is -0.469 e. The summed E-state index contributed by atoms with van der Waals surface area (Å²) in [6.07, 6.45) is 6.22. The molecule has 0 aliphatic carbocycles. The summed E-state index contributed by atoms with van der Waals surface area (Å²) in [5.74, 6) is 0.887. The maximum Gasteiger partial charge on any atom is 0.243 e. The molecule has 1 aromatic heterocycles. The van der Waals surface area contributed by atoms with Crippen molar-refractivity contribution >= 4 is 22.2 Å². The van der Waals surface area contributed by atoms with Gasteiger partial charge in [0.05, 0.1) is 11.2 Å². The van der Waals surface area contributed by atoms with E-state index in [9.17, 15) is 8.42 Å². The van der Waals surface area contributed by atoms with Gasteiger partial charge in [-0.1, -0.05) is 54.6 Å². The summed E-state index contributed by atoms with van der Waals surface area (Å²) in [6.45, 7) is 0.808. The van der Waals surface area contributed by atoms with Crippen molar-refractivity contribution < 1.29 is 12.8 Å². The number of nitrogens with zero attached hydrogens (tertiary/aromatic N) is 1. The highest BCUT2D eigenvalue weighted by Crippen LogP contribution is 2.25. The van der Waals surface area contributed by atoms with E-state index in [4.69, 9.17) is 4.42 Å². The molecule has 0 bridgehead atoms. The van der Waals surface area contributed by atoms with Crippen LogP contribution in [0.2, 0.25) is 0 Å². The Labute approximate surface area is 153 Å². The third-order valence-corrected chi connectivity index (χ3v) is 6.42. The SMILES string of the molecule is O=S(=O)(c1ccc(/C=C\c2ccccc2)cc1)N1CCc2occc2C1. The monoisotopic (exact) mass is 365 g/mol. The van der Waals surface area contributed by atoms with Gasteiger partial charge in [-0.25, -0.2) is 8.42 Å². The maximum absolute atomic E-state index is 12.9. The predicted octanol–water partition coefficient (Wildman–Crippen LogP) is 4.20. The van der Waals surface area contributed by atoms with Gasteiger partial charge in [0.25, 0.3) is 0 Å². The Morgan fingerprint density at radius 2 is 1.58 bits per heavy atom. The van der Waals surface area contributed by atoms with Crippen molar-refractivity contribution in [2.45, 2.75) is 17.9 Å². The second-order valence-electron chi connectivity index (χ2n) is 6.27. The first-order valence-electron chi connectivity index (χ1n) is 8.51. The van der Waals surface area contributed by atoms with E-state index in [-0.39, 0.29) is 0 Å². The standard InChI is InChI=1S/C21H19NO3S/c23-26(24,22-14-12-21-19(16-22)13-15-25-21)20-10-8-18(9-11-20)7-6-17-4-2-1-3-5-17/h1-11,13,15H,12,14,16H2/b7-6-. The Bertz CT molecular complexity index is 1020. The molecular weight excluding hydrogens is 346 g/mol. The lowest BCUT2D eigenvalue weighted by atomic mass is 10.1. The van der Waals surface area contributed by atoms with Gasteiger partial charge in [0.1, 0.15) is 5.76 Å². The van der Waals surface area contributed by atoms with Crippen molar-refractivity contribution in [3.8, 4) is 0 Å². The number of sulfonamides is 1. The quantitative estimate of drug-likeness (QED) is 0.651. The van der Waals surface area contributed by atoms with E-state index in [1.54, 1.807) is 18.4 Å². The molecule has 4 nitrogen and oxygen atoms in total. The molecule has 26 heavy (non-hydrogen) atoms. The Morgan fingerprint density at radius 3 is 2.31 bits per heavy atom. The first-order valence-corrected chi connectivity index (χ1v) is 9.95. The van der Waals surface area contributed by atoms with Crippen LogP contribution in [0.4, 0.5) is 0 Å². The zero-order valence-electron chi connectivity index (χ0n) is 14.2. The van der Waals surface area contributed by atoms with Gasteiger partial charge in [-0.3, -0.25) is 0 Å². The Kier molecular flexibility index (Phi) is 4.49. The zero-order valence-corrected chi connectivity index (χ0v) is 15.0. The average molecular weight is 365 g/mol. The highest BCUT2D eigenvalue weighted by atomic mass is 32.2. The van der Waals surface area contributed by atoms with Crippen molar-refractivity contribution in [2.24, 2.45) is 0 Å². The lowest BCUT2D eigenvalue weighted by Gasteiger charge is -2.25. The predicted molar refractivity (Wildman–Crippen MR) is 102 cm³/mol. The lowest BCUT2D eigenvalue weighted by molar-refractivity contribution is 0.362. The van der Waals surface area contributed by atoms with Gasteiger partial charge < -0.3 is 4.42 Å². The summed E-state index contributed by atoms with van der Waals surface area (Å²) in [5.41, 5.74) is 3.01. The number of furan rings is 1. The van der Waals surface area contributed by atoms with Crippen molar-refractivity contribution in [1.29, 1.82) is 0 Å². The first-order chi connectivity index (χ1) is 12.6.